The summed E-state index contributed by atoms with van der Waals surface area (Å²) >= 11 is 0. The highest BCUT2D eigenvalue weighted by atomic mass is 16.3. The Morgan fingerprint density at radius 2 is 2.17 bits per heavy atom. The molecule has 92 valence electrons. The van der Waals surface area contributed by atoms with E-state index in [1.165, 1.54) is 0 Å². The molecule has 0 aliphatic rings. The summed E-state index contributed by atoms with van der Waals surface area (Å²) in [4.78, 5) is 21.9. The van der Waals surface area contributed by atoms with Gasteiger partial charge in [0.15, 0.2) is 12.0 Å². The van der Waals surface area contributed by atoms with Gasteiger partial charge in [-0.15, -0.1) is 0 Å². The van der Waals surface area contributed by atoms with Gasteiger partial charge < -0.3 is 9.73 Å². The van der Waals surface area contributed by atoms with Crippen LogP contribution in [0.5, 0.6) is 0 Å². The van der Waals surface area contributed by atoms with E-state index in [-0.39, 0.29) is 5.91 Å². The number of furan rings is 1. The number of hydrogen-bond acceptors (Lipinski definition) is 3. The zero-order valence-electron chi connectivity index (χ0n) is 9.97. The molecule has 2 aromatic rings. The molecule has 1 aromatic carbocycles. The maximum absolute atomic E-state index is 11.3. The van der Waals surface area contributed by atoms with E-state index >= 15 is 0 Å². The molecule has 0 saturated heterocycles. The molecule has 0 bridgehead atoms. The van der Waals surface area contributed by atoms with Crippen molar-refractivity contribution in [2.45, 2.75) is 6.42 Å². The molecule has 1 N–H and O–H groups in total. The van der Waals surface area contributed by atoms with Gasteiger partial charge in [0, 0.05) is 12.6 Å². The molecule has 4 heteroatoms. The highest BCUT2D eigenvalue weighted by Gasteiger charge is 2.06. The van der Waals surface area contributed by atoms with Gasteiger partial charge in [-0.2, -0.15) is 0 Å². The van der Waals surface area contributed by atoms with E-state index < -0.39 is 0 Å². The second kappa shape index (κ2) is 5.31. The second-order valence-electron chi connectivity index (χ2n) is 3.87. The summed E-state index contributed by atoms with van der Waals surface area (Å²) in [7, 11) is 1.61. The van der Waals surface area contributed by atoms with Crippen molar-refractivity contribution in [2.24, 2.45) is 0 Å². The standard InChI is InChI=1S/C14H13NO3/c1-15-14(17)8-10-3-2-4-11(7-10)13-6-5-12(9-16)18-13/h2-7,9H,8H2,1H3,(H,15,17). The smallest absolute Gasteiger partial charge is 0.224 e. The van der Waals surface area contributed by atoms with Crippen LogP contribution < -0.4 is 5.32 Å². The number of aldehydes is 1. The quantitative estimate of drug-likeness (QED) is 0.836. The first-order valence-electron chi connectivity index (χ1n) is 5.58. The van der Waals surface area contributed by atoms with Crippen molar-refractivity contribution < 1.29 is 14.0 Å². The lowest BCUT2D eigenvalue weighted by molar-refractivity contribution is -0.119. The van der Waals surface area contributed by atoms with Crippen LogP contribution >= 0.6 is 0 Å². The van der Waals surface area contributed by atoms with Crippen LogP contribution in [-0.4, -0.2) is 19.2 Å². The zero-order valence-corrected chi connectivity index (χ0v) is 9.97. The molecular weight excluding hydrogens is 230 g/mol. The van der Waals surface area contributed by atoms with E-state index in [2.05, 4.69) is 5.32 Å². The number of carbonyl (C=O) groups excluding carboxylic acids is 2. The highest BCUT2D eigenvalue weighted by molar-refractivity contribution is 5.79. The molecule has 0 spiro atoms. The molecule has 1 heterocycles. The van der Waals surface area contributed by atoms with E-state index in [1.807, 2.05) is 24.3 Å². The Bertz CT molecular complexity index is 572. The average molecular weight is 243 g/mol. The number of amides is 1. The van der Waals surface area contributed by atoms with E-state index in [0.29, 0.717) is 24.2 Å². The fourth-order valence-corrected chi connectivity index (χ4v) is 1.68. The molecule has 1 aromatic heterocycles. The Balaban J connectivity index is 2.26. The maximum Gasteiger partial charge on any atom is 0.224 e. The molecular formula is C14H13NO3. The highest BCUT2D eigenvalue weighted by Crippen LogP contribution is 2.22. The first-order valence-corrected chi connectivity index (χ1v) is 5.58. The Hall–Kier alpha value is -2.36. The third-order valence-electron chi connectivity index (χ3n) is 2.60. The summed E-state index contributed by atoms with van der Waals surface area (Å²) < 4.78 is 5.34. The van der Waals surface area contributed by atoms with Gasteiger partial charge in [-0.05, 0) is 23.8 Å². The van der Waals surface area contributed by atoms with Gasteiger partial charge in [0.05, 0.1) is 6.42 Å². The largest absolute Gasteiger partial charge is 0.453 e. The van der Waals surface area contributed by atoms with Gasteiger partial charge in [-0.3, -0.25) is 9.59 Å². The molecule has 0 fully saturated rings. The lowest BCUT2D eigenvalue weighted by Crippen LogP contribution is -2.19. The SMILES string of the molecule is CNC(=O)Cc1cccc(-c2ccc(C=O)o2)c1. The van der Waals surface area contributed by atoms with E-state index in [0.717, 1.165) is 11.1 Å². The normalized spacial score (nSPS) is 10.1. The number of nitrogens with one attached hydrogen (secondary N) is 1. The molecule has 0 unspecified atom stereocenters. The van der Waals surface area contributed by atoms with Crippen LogP contribution in [0.25, 0.3) is 11.3 Å². The Labute approximate surface area is 105 Å². The summed E-state index contributed by atoms with van der Waals surface area (Å²) in [6, 6.07) is 10.8. The summed E-state index contributed by atoms with van der Waals surface area (Å²) in [5, 5.41) is 2.58. The summed E-state index contributed by atoms with van der Waals surface area (Å²) in [6.07, 6.45) is 0.990. The van der Waals surface area contributed by atoms with Crippen LogP contribution in [0, 0.1) is 0 Å². The molecule has 0 saturated carbocycles. The minimum absolute atomic E-state index is 0.0415. The lowest BCUT2D eigenvalue weighted by Gasteiger charge is -2.02. The molecule has 1 amide bonds. The fourth-order valence-electron chi connectivity index (χ4n) is 1.68. The van der Waals surface area contributed by atoms with Crippen LogP contribution in [-0.2, 0) is 11.2 Å². The van der Waals surface area contributed by atoms with Crippen molar-refractivity contribution in [3.05, 3.63) is 47.7 Å². The minimum Gasteiger partial charge on any atom is -0.453 e. The average Bonchev–Trinajstić information content (AvgIpc) is 2.87. The monoisotopic (exact) mass is 243 g/mol. The first-order chi connectivity index (χ1) is 8.72. The second-order valence-corrected chi connectivity index (χ2v) is 3.87. The van der Waals surface area contributed by atoms with Crippen LogP contribution in [0.4, 0.5) is 0 Å². The van der Waals surface area contributed by atoms with Crippen molar-refractivity contribution in [2.75, 3.05) is 7.05 Å². The molecule has 0 aliphatic carbocycles. The minimum atomic E-state index is -0.0415. The Morgan fingerprint density at radius 1 is 1.33 bits per heavy atom. The predicted molar refractivity (Wildman–Crippen MR) is 67.3 cm³/mol. The van der Waals surface area contributed by atoms with Crippen molar-refractivity contribution >= 4 is 12.2 Å². The van der Waals surface area contributed by atoms with Gasteiger partial charge in [0.2, 0.25) is 5.91 Å². The van der Waals surface area contributed by atoms with Crippen molar-refractivity contribution in [1.29, 1.82) is 0 Å². The van der Waals surface area contributed by atoms with Crippen molar-refractivity contribution in [1.82, 2.24) is 5.32 Å². The van der Waals surface area contributed by atoms with Crippen molar-refractivity contribution in [3.63, 3.8) is 0 Å². The maximum atomic E-state index is 11.3. The molecule has 4 nitrogen and oxygen atoms in total. The molecule has 0 aliphatic heterocycles. The first kappa shape index (κ1) is 12.1. The molecule has 0 atom stereocenters. The molecule has 2 rings (SSSR count). The van der Waals surface area contributed by atoms with Gasteiger partial charge in [-0.1, -0.05) is 18.2 Å². The number of hydrogen-bond donors (Lipinski definition) is 1. The predicted octanol–water partition coefficient (Wildman–Crippen LogP) is 2.05. The van der Waals surface area contributed by atoms with Crippen LogP contribution in [0.3, 0.4) is 0 Å². The third kappa shape index (κ3) is 2.66. The van der Waals surface area contributed by atoms with Crippen molar-refractivity contribution in [3.8, 4) is 11.3 Å². The zero-order chi connectivity index (χ0) is 13.0. The Morgan fingerprint density at radius 3 is 2.83 bits per heavy atom. The van der Waals surface area contributed by atoms with Gasteiger partial charge in [-0.25, -0.2) is 0 Å². The summed E-state index contributed by atoms with van der Waals surface area (Å²) in [5.74, 6) is 0.873. The number of rotatable bonds is 4. The number of likely N-dealkylation sites (N-methyl/N-ethyl adjacent to an activating group) is 1. The topological polar surface area (TPSA) is 59.3 Å². The van der Waals surface area contributed by atoms with E-state index in [4.69, 9.17) is 4.42 Å². The number of benzene rings is 1. The Kier molecular flexibility index (Phi) is 3.57. The fraction of sp³-hybridized carbons (Fsp3) is 0.143. The lowest BCUT2D eigenvalue weighted by atomic mass is 10.1. The summed E-state index contributed by atoms with van der Waals surface area (Å²) in [5.41, 5.74) is 1.75. The van der Waals surface area contributed by atoms with Gasteiger partial charge in [0.1, 0.15) is 5.76 Å². The third-order valence-corrected chi connectivity index (χ3v) is 2.60. The molecule has 18 heavy (non-hydrogen) atoms. The number of carbonyl (C=O) groups is 2. The summed E-state index contributed by atoms with van der Waals surface area (Å²) in [6.45, 7) is 0. The van der Waals surface area contributed by atoms with Crippen LogP contribution in [0.1, 0.15) is 16.1 Å². The van der Waals surface area contributed by atoms with Crippen LogP contribution in [0.15, 0.2) is 40.8 Å². The van der Waals surface area contributed by atoms with Crippen LogP contribution in [0.2, 0.25) is 0 Å². The van der Waals surface area contributed by atoms with Gasteiger partial charge >= 0.3 is 0 Å². The van der Waals surface area contributed by atoms with Gasteiger partial charge in [0.25, 0.3) is 0 Å². The van der Waals surface area contributed by atoms with E-state index in [9.17, 15) is 9.59 Å². The molecule has 0 radical (unpaired) electrons. The van der Waals surface area contributed by atoms with E-state index in [1.54, 1.807) is 19.2 Å².